The average molecular weight is 406 g/mol. The Morgan fingerprint density at radius 1 is 1.00 bits per heavy atom. The largest absolute Gasteiger partial charge is 0.433 e. The Morgan fingerprint density at radius 3 is 2.30 bits per heavy atom. The van der Waals surface area contributed by atoms with Gasteiger partial charge < -0.3 is 4.57 Å². The molecule has 0 saturated carbocycles. The van der Waals surface area contributed by atoms with Crippen LogP contribution in [0.15, 0.2) is 29.4 Å². The maximum atomic E-state index is 13.0. The standard InChI is InChI=1S/C16H12F6N4S/c1-3-27-11-4-8(15(17,18)19)6-24-13(11)14-25-9-7-23-12(16(20,21)22)5-10(9)26(14)2/h4-7H,3H2,1-2H3. The lowest BCUT2D eigenvalue weighted by Crippen LogP contribution is -2.08. The first kappa shape index (κ1) is 19.5. The molecule has 0 aromatic carbocycles. The van der Waals surface area contributed by atoms with Crippen LogP contribution in [0.4, 0.5) is 26.3 Å². The SMILES string of the molecule is CCSc1cc(C(F)(F)F)cnc1-c1nc2cnc(C(F)(F)F)cc2n1C. The van der Waals surface area contributed by atoms with Gasteiger partial charge in [-0.3, -0.25) is 4.98 Å². The molecule has 0 N–H and O–H groups in total. The van der Waals surface area contributed by atoms with Crippen LogP contribution in [0.5, 0.6) is 0 Å². The Morgan fingerprint density at radius 2 is 1.70 bits per heavy atom. The third-order valence-electron chi connectivity index (χ3n) is 3.75. The molecule has 0 aliphatic carbocycles. The molecule has 3 aromatic heterocycles. The third-order valence-corrected chi connectivity index (χ3v) is 4.66. The van der Waals surface area contributed by atoms with Gasteiger partial charge in [0.15, 0.2) is 5.82 Å². The van der Waals surface area contributed by atoms with Crippen molar-refractivity contribution in [2.45, 2.75) is 24.2 Å². The minimum absolute atomic E-state index is 0.154. The number of nitrogens with zero attached hydrogens (tertiary/aromatic N) is 4. The minimum atomic E-state index is -4.62. The lowest BCUT2D eigenvalue weighted by molar-refractivity contribution is -0.141. The molecular weight excluding hydrogens is 394 g/mol. The number of halogens is 6. The summed E-state index contributed by atoms with van der Waals surface area (Å²) in [5, 5.41) is 0. The van der Waals surface area contributed by atoms with Gasteiger partial charge >= 0.3 is 12.4 Å². The molecule has 0 spiro atoms. The van der Waals surface area contributed by atoms with Crippen LogP contribution < -0.4 is 0 Å². The van der Waals surface area contributed by atoms with E-state index in [-0.39, 0.29) is 27.4 Å². The van der Waals surface area contributed by atoms with E-state index in [2.05, 4.69) is 15.0 Å². The summed E-state index contributed by atoms with van der Waals surface area (Å²) in [6.07, 6.45) is -7.49. The summed E-state index contributed by atoms with van der Waals surface area (Å²) in [5.74, 6) is 0.649. The molecule has 0 unspecified atom stereocenters. The summed E-state index contributed by atoms with van der Waals surface area (Å²) >= 11 is 1.14. The molecule has 0 bridgehead atoms. The predicted octanol–water partition coefficient (Wildman–Crippen LogP) is 5.18. The van der Waals surface area contributed by atoms with Gasteiger partial charge in [-0.15, -0.1) is 11.8 Å². The average Bonchev–Trinajstić information content (AvgIpc) is 2.90. The van der Waals surface area contributed by atoms with Crippen LogP contribution in [0, 0.1) is 0 Å². The number of fused-ring (bicyclic) bond motifs is 1. The van der Waals surface area contributed by atoms with E-state index in [0.717, 1.165) is 30.1 Å². The van der Waals surface area contributed by atoms with Crippen molar-refractivity contribution in [2.24, 2.45) is 7.05 Å². The van der Waals surface area contributed by atoms with Gasteiger partial charge in [-0.25, -0.2) is 9.97 Å². The molecule has 0 radical (unpaired) electrons. The van der Waals surface area contributed by atoms with Gasteiger partial charge in [0.25, 0.3) is 0 Å². The van der Waals surface area contributed by atoms with Crippen LogP contribution in [0.25, 0.3) is 22.6 Å². The van der Waals surface area contributed by atoms with Gasteiger partial charge in [-0.05, 0) is 17.9 Å². The van der Waals surface area contributed by atoms with Crippen LogP contribution in [0.3, 0.4) is 0 Å². The zero-order valence-corrected chi connectivity index (χ0v) is 14.8. The zero-order chi connectivity index (χ0) is 20.0. The normalized spacial score (nSPS) is 12.7. The molecule has 0 amide bonds. The van der Waals surface area contributed by atoms with E-state index in [1.54, 1.807) is 6.92 Å². The fourth-order valence-corrected chi connectivity index (χ4v) is 3.30. The van der Waals surface area contributed by atoms with Crippen LogP contribution >= 0.6 is 11.8 Å². The first-order valence-corrected chi connectivity index (χ1v) is 8.61. The highest BCUT2D eigenvalue weighted by molar-refractivity contribution is 7.99. The second kappa shape index (κ2) is 6.70. The van der Waals surface area contributed by atoms with Gasteiger partial charge in [0.1, 0.15) is 16.9 Å². The number of aryl methyl sites for hydroxylation is 1. The number of rotatable bonds is 3. The number of aromatic nitrogens is 4. The lowest BCUT2D eigenvalue weighted by Gasteiger charge is -2.12. The highest BCUT2D eigenvalue weighted by Crippen LogP contribution is 2.37. The maximum absolute atomic E-state index is 13.0. The minimum Gasteiger partial charge on any atom is -0.326 e. The smallest absolute Gasteiger partial charge is 0.326 e. The Hall–Kier alpha value is -2.30. The van der Waals surface area contributed by atoms with Crippen molar-refractivity contribution in [3.8, 4) is 11.5 Å². The molecule has 3 aromatic rings. The number of thioether (sulfide) groups is 1. The van der Waals surface area contributed by atoms with Gasteiger partial charge in [0.2, 0.25) is 0 Å². The second-order valence-electron chi connectivity index (χ2n) is 5.55. The Bertz CT molecular complexity index is 993. The van der Waals surface area contributed by atoms with Crippen molar-refractivity contribution in [1.82, 2.24) is 19.5 Å². The van der Waals surface area contributed by atoms with E-state index in [1.807, 2.05) is 0 Å². The van der Waals surface area contributed by atoms with E-state index < -0.39 is 23.6 Å². The lowest BCUT2D eigenvalue weighted by atomic mass is 10.2. The van der Waals surface area contributed by atoms with Crippen LogP contribution in [-0.2, 0) is 19.4 Å². The molecule has 0 saturated heterocycles. The van der Waals surface area contributed by atoms with Gasteiger partial charge in [-0.2, -0.15) is 26.3 Å². The summed E-state index contributed by atoms with van der Waals surface area (Å²) in [4.78, 5) is 11.7. The van der Waals surface area contributed by atoms with Gasteiger partial charge in [0.05, 0.1) is 17.3 Å². The van der Waals surface area contributed by atoms with Crippen molar-refractivity contribution in [1.29, 1.82) is 0 Å². The molecule has 0 aliphatic rings. The topological polar surface area (TPSA) is 43.6 Å². The third kappa shape index (κ3) is 3.73. The van der Waals surface area contributed by atoms with Crippen LogP contribution in [-0.4, -0.2) is 25.3 Å². The Balaban J connectivity index is 2.18. The van der Waals surface area contributed by atoms with Gasteiger partial charge in [-0.1, -0.05) is 6.92 Å². The number of hydrogen-bond donors (Lipinski definition) is 0. The van der Waals surface area contributed by atoms with E-state index in [9.17, 15) is 26.3 Å². The fraction of sp³-hybridized carbons (Fsp3) is 0.312. The molecule has 11 heteroatoms. The first-order valence-electron chi connectivity index (χ1n) is 7.62. The van der Waals surface area contributed by atoms with E-state index in [4.69, 9.17) is 0 Å². The van der Waals surface area contributed by atoms with E-state index in [0.29, 0.717) is 11.9 Å². The predicted molar refractivity (Wildman–Crippen MR) is 88.1 cm³/mol. The summed E-state index contributed by atoms with van der Waals surface area (Å²) in [6, 6.07) is 1.82. The first-order chi connectivity index (χ1) is 12.5. The highest BCUT2D eigenvalue weighted by Gasteiger charge is 2.34. The number of pyridine rings is 2. The number of hydrogen-bond acceptors (Lipinski definition) is 4. The molecule has 4 nitrogen and oxygen atoms in total. The number of imidazole rings is 1. The molecule has 3 heterocycles. The molecule has 144 valence electrons. The van der Waals surface area contributed by atoms with E-state index >= 15 is 0 Å². The summed E-state index contributed by atoms with van der Waals surface area (Å²) in [5.41, 5.74) is -1.46. The Labute approximate surface area is 153 Å². The zero-order valence-electron chi connectivity index (χ0n) is 14.0. The summed E-state index contributed by atoms with van der Waals surface area (Å²) in [6.45, 7) is 1.77. The second-order valence-corrected chi connectivity index (χ2v) is 6.86. The quantitative estimate of drug-likeness (QED) is 0.444. The molecule has 3 rings (SSSR count). The highest BCUT2D eigenvalue weighted by atomic mass is 32.2. The van der Waals surface area contributed by atoms with Crippen LogP contribution in [0.1, 0.15) is 18.2 Å². The van der Waals surface area contributed by atoms with Crippen molar-refractivity contribution in [3.63, 3.8) is 0 Å². The molecule has 0 atom stereocenters. The van der Waals surface area contributed by atoms with Crippen LogP contribution in [0.2, 0.25) is 0 Å². The Kier molecular flexibility index (Phi) is 4.83. The summed E-state index contributed by atoms with van der Waals surface area (Å²) in [7, 11) is 1.48. The van der Waals surface area contributed by atoms with Crippen molar-refractivity contribution in [2.75, 3.05) is 5.75 Å². The maximum Gasteiger partial charge on any atom is 0.433 e. The number of alkyl halides is 6. The van der Waals surface area contributed by atoms with Gasteiger partial charge in [0, 0.05) is 18.1 Å². The monoisotopic (exact) mass is 406 g/mol. The summed E-state index contributed by atoms with van der Waals surface area (Å²) < 4.78 is 78.9. The molecule has 0 fully saturated rings. The van der Waals surface area contributed by atoms with Crippen molar-refractivity contribution < 1.29 is 26.3 Å². The van der Waals surface area contributed by atoms with E-state index in [1.165, 1.54) is 11.6 Å². The molecular formula is C16H12F6N4S. The molecule has 0 aliphatic heterocycles. The van der Waals surface area contributed by atoms with Crippen molar-refractivity contribution >= 4 is 22.8 Å². The fourth-order valence-electron chi connectivity index (χ4n) is 2.50. The molecule has 27 heavy (non-hydrogen) atoms. The van der Waals surface area contributed by atoms with Crippen molar-refractivity contribution in [3.05, 3.63) is 35.8 Å².